The summed E-state index contributed by atoms with van der Waals surface area (Å²) in [6.07, 6.45) is 4.26. The van der Waals surface area contributed by atoms with Crippen LogP contribution in [-0.2, 0) is 6.42 Å². The lowest BCUT2D eigenvalue weighted by Crippen LogP contribution is -1.77. The number of hydrogen-bond acceptors (Lipinski definition) is 3. The van der Waals surface area contributed by atoms with Crippen molar-refractivity contribution in [2.45, 2.75) is 13.3 Å². The highest BCUT2D eigenvalue weighted by Gasteiger charge is 2.04. The number of hydrogen-bond donors (Lipinski definition) is 0. The summed E-state index contributed by atoms with van der Waals surface area (Å²) in [6.45, 7) is 2.01. The maximum absolute atomic E-state index is 5.45. The van der Waals surface area contributed by atoms with Crippen LogP contribution >= 0.6 is 0 Å². The van der Waals surface area contributed by atoms with Gasteiger partial charge in [-0.2, -0.15) is 0 Å². The molecule has 0 amide bonds. The van der Waals surface area contributed by atoms with Crippen molar-refractivity contribution in [3.63, 3.8) is 0 Å². The average Bonchev–Trinajstić information content (AvgIpc) is 2.67. The summed E-state index contributed by atoms with van der Waals surface area (Å²) in [6, 6.07) is 5.71. The van der Waals surface area contributed by atoms with E-state index in [1.54, 1.807) is 12.4 Å². The molecule has 2 aromatic heterocycles. The first-order chi connectivity index (χ1) is 6.40. The third kappa shape index (κ3) is 1.59. The average molecular weight is 174 g/mol. The van der Waals surface area contributed by atoms with Gasteiger partial charge in [0.2, 0.25) is 0 Å². The van der Waals surface area contributed by atoms with Crippen molar-refractivity contribution in [2.24, 2.45) is 0 Å². The SMILES string of the molecule is CCc1ncc(-c2ccccn2)o1. The van der Waals surface area contributed by atoms with Crippen LogP contribution < -0.4 is 0 Å². The monoisotopic (exact) mass is 174 g/mol. The summed E-state index contributed by atoms with van der Waals surface area (Å²) in [5.74, 6) is 1.48. The largest absolute Gasteiger partial charge is 0.439 e. The minimum Gasteiger partial charge on any atom is -0.439 e. The molecule has 0 aliphatic carbocycles. The van der Waals surface area contributed by atoms with Crippen LogP contribution in [0.25, 0.3) is 11.5 Å². The molecule has 0 aliphatic rings. The van der Waals surface area contributed by atoms with Gasteiger partial charge in [-0.15, -0.1) is 0 Å². The van der Waals surface area contributed by atoms with Gasteiger partial charge >= 0.3 is 0 Å². The van der Waals surface area contributed by atoms with Gasteiger partial charge in [-0.05, 0) is 12.1 Å². The first-order valence-electron chi connectivity index (χ1n) is 4.26. The topological polar surface area (TPSA) is 38.9 Å². The normalized spacial score (nSPS) is 10.2. The smallest absolute Gasteiger partial charge is 0.194 e. The third-order valence-corrected chi connectivity index (χ3v) is 1.77. The second-order valence-electron chi connectivity index (χ2n) is 2.69. The Balaban J connectivity index is 2.36. The lowest BCUT2D eigenvalue weighted by molar-refractivity contribution is 0.512. The highest BCUT2D eigenvalue weighted by molar-refractivity contribution is 5.49. The standard InChI is InChI=1S/C10H10N2O/c1-2-10-12-7-9(13-10)8-5-3-4-6-11-8/h3-7H,2H2,1H3. The molecule has 13 heavy (non-hydrogen) atoms. The van der Waals surface area contributed by atoms with Crippen LogP contribution in [0.3, 0.4) is 0 Å². The summed E-state index contributed by atoms with van der Waals surface area (Å²) in [5, 5.41) is 0. The van der Waals surface area contributed by atoms with E-state index in [9.17, 15) is 0 Å². The summed E-state index contributed by atoms with van der Waals surface area (Å²) in [7, 11) is 0. The van der Waals surface area contributed by atoms with Gasteiger partial charge in [0.25, 0.3) is 0 Å². The van der Waals surface area contributed by atoms with Gasteiger partial charge in [-0.25, -0.2) is 4.98 Å². The Morgan fingerprint density at radius 3 is 2.85 bits per heavy atom. The fourth-order valence-corrected chi connectivity index (χ4v) is 1.10. The molecule has 2 heterocycles. The molecule has 0 spiro atoms. The van der Waals surface area contributed by atoms with Gasteiger partial charge < -0.3 is 4.42 Å². The molecule has 0 saturated carbocycles. The van der Waals surface area contributed by atoms with E-state index in [0.717, 1.165) is 23.8 Å². The van der Waals surface area contributed by atoms with E-state index in [1.807, 2.05) is 25.1 Å². The zero-order chi connectivity index (χ0) is 9.10. The van der Waals surface area contributed by atoms with E-state index in [-0.39, 0.29) is 0 Å². The second-order valence-corrected chi connectivity index (χ2v) is 2.69. The Bertz CT molecular complexity index is 381. The molecule has 3 nitrogen and oxygen atoms in total. The van der Waals surface area contributed by atoms with Crippen LogP contribution in [-0.4, -0.2) is 9.97 Å². The van der Waals surface area contributed by atoms with E-state index in [2.05, 4.69) is 9.97 Å². The highest BCUT2D eigenvalue weighted by atomic mass is 16.4. The van der Waals surface area contributed by atoms with Gasteiger partial charge in [0, 0.05) is 12.6 Å². The van der Waals surface area contributed by atoms with E-state index in [4.69, 9.17) is 4.42 Å². The van der Waals surface area contributed by atoms with Crippen LogP contribution in [0.15, 0.2) is 35.0 Å². The predicted octanol–water partition coefficient (Wildman–Crippen LogP) is 2.30. The van der Waals surface area contributed by atoms with Gasteiger partial charge in [-0.3, -0.25) is 4.98 Å². The van der Waals surface area contributed by atoms with Crippen LogP contribution in [0.5, 0.6) is 0 Å². The van der Waals surface area contributed by atoms with Crippen LogP contribution in [0.1, 0.15) is 12.8 Å². The molecule has 2 rings (SSSR count). The lowest BCUT2D eigenvalue weighted by Gasteiger charge is -1.92. The van der Waals surface area contributed by atoms with Crippen molar-refractivity contribution < 1.29 is 4.42 Å². The number of aromatic nitrogens is 2. The second kappa shape index (κ2) is 3.39. The molecule has 0 N–H and O–H groups in total. The molecule has 0 aromatic carbocycles. The van der Waals surface area contributed by atoms with E-state index < -0.39 is 0 Å². The van der Waals surface area contributed by atoms with Crippen molar-refractivity contribution in [1.29, 1.82) is 0 Å². The quantitative estimate of drug-likeness (QED) is 0.701. The molecule has 0 saturated heterocycles. The van der Waals surface area contributed by atoms with Crippen molar-refractivity contribution in [3.05, 3.63) is 36.5 Å². The molecular formula is C10H10N2O. The van der Waals surface area contributed by atoms with Gasteiger partial charge in [0.05, 0.1) is 6.20 Å². The van der Waals surface area contributed by atoms with Gasteiger partial charge in [-0.1, -0.05) is 13.0 Å². The minimum absolute atomic E-state index is 0.734. The number of rotatable bonds is 2. The first-order valence-corrected chi connectivity index (χ1v) is 4.26. The van der Waals surface area contributed by atoms with E-state index >= 15 is 0 Å². The molecule has 0 radical (unpaired) electrons. The van der Waals surface area contributed by atoms with E-state index in [1.165, 1.54) is 0 Å². The summed E-state index contributed by atoms with van der Waals surface area (Å²) >= 11 is 0. The summed E-state index contributed by atoms with van der Waals surface area (Å²) in [4.78, 5) is 8.27. The fourth-order valence-electron chi connectivity index (χ4n) is 1.10. The third-order valence-electron chi connectivity index (χ3n) is 1.77. The predicted molar refractivity (Wildman–Crippen MR) is 49.1 cm³/mol. The first kappa shape index (κ1) is 7.98. The van der Waals surface area contributed by atoms with Gasteiger partial charge in [0.1, 0.15) is 5.69 Å². The minimum atomic E-state index is 0.734. The van der Waals surface area contributed by atoms with Crippen LogP contribution in [0.2, 0.25) is 0 Å². The molecule has 3 heteroatoms. The molecule has 66 valence electrons. The number of nitrogens with zero attached hydrogens (tertiary/aromatic N) is 2. The fraction of sp³-hybridized carbons (Fsp3) is 0.200. The number of aryl methyl sites for hydroxylation is 1. The molecule has 0 bridgehead atoms. The Kier molecular flexibility index (Phi) is 2.08. The lowest BCUT2D eigenvalue weighted by atomic mass is 10.3. The highest BCUT2D eigenvalue weighted by Crippen LogP contribution is 2.16. The molecular weight excluding hydrogens is 164 g/mol. The Labute approximate surface area is 76.5 Å². The molecule has 0 fully saturated rings. The van der Waals surface area contributed by atoms with E-state index in [0.29, 0.717) is 0 Å². The van der Waals surface area contributed by atoms with Gasteiger partial charge in [0.15, 0.2) is 11.7 Å². The summed E-state index contributed by atoms with van der Waals surface area (Å²) in [5.41, 5.74) is 0.828. The van der Waals surface area contributed by atoms with Crippen LogP contribution in [0, 0.1) is 0 Å². The van der Waals surface area contributed by atoms with Crippen molar-refractivity contribution in [3.8, 4) is 11.5 Å². The molecule has 0 aliphatic heterocycles. The van der Waals surface area contributed by atoms with Crippen molar-refractivity contribution in [2.75, 3.05) is 0 Å². The Morgan fingerprint density at radius 1 is 1.31 bits per heavy atom. The zero-order valence-corrected chi connectivity index (χ0v) is 7.40. The molecule has 0 atom stereocenters. The van der Waals surface area contributed by atoms with Crippen LogP contribution in [0.4, 0.5) is 0 Å². The number of pyridine rings is 1. The Hall–Kier alpha value is -1.64. The molecule has 0 unspecified atom stereocenters. The molecule has 2 aromatic rings. The number of oxazole rings is 1. The zero-order valence-electron chi connectivity index (χ0n) is 7.40. The summed E-state index contributed by atoms with van der Waals surface area (Å²) < 4.78 is 5.45. The Morgan fingerprint density at radius 2 is 2.23 bits per heavy atom. The van der Waals surface area contributed by atoms with Crippen molar-refractivity contribution >= 4 is 0 Å². The van der Waals surface area contributed by atoms with Crippen molar-refractivity contribution in [1.82, 2.24) is 9.97 Å². The maximum atomic E-state index is 5.45. The maximum Gasteiger partial charge on any atom is 0.194 e.